The first-order valence-electron chi connectivity index (χ1n) is 18.9. The number of aliphatic hydroxyl groups is 3. The third kappa shape index (κ3) is 3.74. The lowest BCUT2D eigenvalue weighted by atomic mass is 9.42. The van der Waals surface area contributed by atoms with Crippen LogP contribution in [0.4, 0.5) is 0 Å². The van der Waals surface area contributed by atoms with E-state index in [0.29, 0.717) is 35.1 Å². The minimum Gasteiger partial charge on any atom is -0.461 e. The van der Waals surface area contributed by atoms with Crippen molar-refractivity contribution in [1.29, 1.82) is 0 Å². The third-order valence-electron chi connectivity index (χ3n) is 15.8. The molecule has 10 aliphatic rings. The Balaban J connectivity index is 1.22. The highest BCUT2D eigenvalue weighted by Crippen LogP contribution is 2.85. The number of carbonyl (C=O) groups excluding carboxylic acids is 5. The van der Waals surface area contributed by atoms with Crippen molar-refractivity contribution in [2.75, 3.05) is 26.9 Å². The number of hydrogen-bond donors (Lipinski definition) is 3. The molecule has 0 aromatic carbocycles. The van der Waals surface area contributed by atoms with Gasteiger partial charge in [-0.15, -0.1) is 0 Å². The molecule has 1 spiro atoms. The van der Waals surface area contributed by atoms with Gasteiger partial charge < -0.3 is 43.7 Å². The Morgan fingerprint density at radius 3 is 2.20 bits per heavy atom. The fourth-order valence-corrected chi connectivity index (χ4v) is 13.4. The smallest absolute Gasteiger partial charge is 0.338 e. The summed E-state index contributed by atoms with van der Waals surface area (Å²) in [6, 6.07) is 0. The fourth-order valence-electron chi connectivity index (χ4n) is 13.4. The highest BCUT2D eigenvalue weighted by Gasteiger charge is 2.87. The molecule has 0 amide bonds. The van der Waals surface area contributed by atoms with Crippen LogP contribution in [0.15, 0.2) is 45.1 Å². The molecule has 0 radical (unpaired) electrons. The molecule has 288 valence electrons. The first-order chi connectivity index (χ1) is 25.4. The van der Waals surface area contributed by atoms with Gasteiger partial charge in [0.1, 0.15) is 31.5 Å². The van der Waals surface area contributed by atoms with Crippen LogP contribution < -0.4 is 0 Å². The zero-order valence-electron chi connectivity index (χ0n) is 30.8. The molecule has 0 aromatic heterocycles. The van der Waals surface area contributed by atoms with Crippen molar-refractivity contribution in [2.45, 2.75) is 94.9 Å². The molecule has 14 nitrogen and oxygen atoms in total. The highest BCUT2D eigenvalue weighted by molar-refractivity contribution is 5.98. The predicted octanol–water partition coefficient (Wildman–Crippen LogP) is 1.65. The Hall–Kier alpha value is -3.85. The highest BCUT2D eigenvalue weighted by atomic mass is 16.7. The summed E-state index contributed by atoms with van der Waals surface area (Å²) in [6.45, 7) is 6.06. The molecule has 14 heteroatoms. The number of cyclic esters (lactones) is 3. The fraction of sp³-hybridized carbons (Fsp3) is 0.675. The van der Waals surface area contributed by atoms with Crippen molar-refractivity contribution in [3.8, 4) is 0 Å². The van der Waals surface area contributed by atoms with Gasteiger partial charge in [-0.1, -0.05) is 13.8 Å². The number of aliphatic hydroxyl groups excluding tert-OH is 1. The molecule has 0 aromatic rings. The molecule has 7 aliphatic carbocycles. The molecule has 3 aliphatic heterocycles. The average Bonchev–Trinajstić information content (AvgIpc) is 4.04. The van der Waals surface area contributed by atoms with Crippen molar-refractivity contribution in [1.82, 2.24) is 0 Å². The van der Waals surface area contributed by atoms with E-state index in [1.54, 1.807) is 13.8 Å². The van der Waals surface area contributed by atoms with Crippen LogP contribution in [0.1, 0.15) is 66.2 Å². The van der Waals surface area contributed by atoms with E-state index in [1.807, 2.05) is 6.92 Å². The van der Waals surface area contributed by atoms with Crippen LogP contribution in [0.25, 0.3) is 0 Å². The molecule has 13 atom stereocenters. The van der Waals surface area contributed by atoms with Gasteiger partial charge in [-0.3, -0.25) is 9.59 Å². The van der Waals surface area contributed by atoms with Crippen molar-refractivity contribution in [2.24, 2.45) is 46.3 Å². The SMILES string of the molecule is CO[C@@]12OC(=O)C(C)=C1C1=C3[C@](C)([C@@H]4C[C@@H]4[C@@]3(O)C[C@@H]3[C@]14OC(=O)C1=C4C[C@H]4[C@](O)(COC(=O)/C=C(\C)COC(=O)CCC(=O)OC1)[C@H]1C[C@H]1[C@]34C)[C@H]2O. The topological polar surface area (TPSA) is 201 Å². The van der Waals surface area contributed by atoms with Crippen LogP contribution in [0.3, 0.4) is 0 Å². The Kier molecular flexibility index (Phi) is 6.61. The van der Waals surface area contributed by atoms with Gasteiger partial charge >= 0.3 is 29.8 Å². The lowest BCUT2D eigenvalue weighted by molar-refractivity contribution is -0.256. The molecule has 5 fully saturated rings. The molecule has 3 heterocycles. The van der Waals surface area contributed by atoms with Gasteiger partial charge in [-0.05, 0) is 85.3 Å². The first kappa shape index (κ1) is 34.6. The first-order valence-corrected chi connectivity index (χ1v) is 18.9. The quantitative estimate of drug-likeness (QED) is 0.258. The monoisotopic (exact) mass is 748 g/mol. The van der Waals surface area contributed by atoms with Crippen molar-refractivity contribution >= 4 is 29.8 Å². The minimum atomic E-state index is -1.97. The summed E-state index contributed by atoms with van der Waals surface area (Å²) in [5.41, 5.74) is -4.41. The van der Waals surface area contributed by atoms with Gasteiger partial charge in [0.15, 0.2) is 5.60 Å². The average molecular weight is 749 g/mol. The molecule has 0 unspecified atom stereocenters. The summed E-state index contributed by atoms with van der Waals surface area (Å²) < 4.78 is 35.4. The van der Waals surface area contributed by atoms with Crippen LogP contribution in [-0.4, -0.2) is 101 Å². The Morgan fingerprint density at radius 1 is 0.815 bits per heavy atom. The molecule has 2 bridgehead atoms. The van der Waals surface area contributed by atoms with E-state index < -0.39 is 87.8 Å². The van der Waals surface area contributed by atoms with E-state index in [2.05, 4.69) is 6.92 Å². The zero-order valence-corrected chi connectivity index (χ0v) is 30.8. The Bertz CT molecular complexity index is 2040. The number of esters is 5. The minimum absolute atomic E-state index is 0.0543. The van der Waals surface area contributed by atoms with Crippen LogP contribution in [0.5, 0.6) is 0 Å². The van der Waals surface area contributed by atoms with Gasteiger partial charge in [0.2, 0.25) is 0 Å². The van der Waals surface area contributed by atoms with Crippen molar-refractivity contribution < 1.29 is 67.7 Å². The molecular formula is C40H44O14. The lowest BCUT2D eigenvalue weighted by Gasteiger charge is -2.64. The largest absolute Gasteiger partial charge is 0.461 e. The molecule has 10 rings (SSSR count). The maximum atomic E-state index is 14.5. The third-order valence-corrected chi connectivity index (χ3v) is 15.8. The van der Waals surface area contributed by atoms with E-state index in [9.17, 15) is 39.3 Å². The van der Waals surface area contributed by atoms with Crippen molar-refractivity contribution in [3.63, 3.8) is 0 Å². The maximum Gasteiger partial charge on any atom is 0.338 e. The number of methoxy groups -OCH3 is 1. The van der Waals surface area contributed by atoms with Crippen LogP contribution in [0, 0.1) is 46.3 Å². The molecule has 3 N–H and O–H groups in total. The summed E-state index contributed by atoms with van der Waals surface area (Å²) in [6.07, 6.45) is 0.616. The van der Waals surface area contributed by atoms with Crippen molar-refractivity contribution in [3.05, 3.63) is 45.1 Å². The second kappa shape index (κ2) is 10.3. The van der Waals surface area contributed by atoms with Crippen LogP contribution in [0.2, 0.25) is 0 Å². The number of carbonyl (C=O) groups is 5. The number of ether oxygens (including phenoxy) is 6. The molecular weight excluding hydrogens is 704 g/mol. The number of rotatable bonds is 1. The van der Waals surface area contributed by atoms with E-state index in [0.717, 1.165) is 0 Å². The summed E-state index contributed by atoms with van der Waals surface area (Å²) in [7, 11) is 1.35. The second-order valence-electron chi connectivity index (χ2n) is 17.9. The standard InChI is InChI=1S/C40H44O14/c1-16-8-28(43)52-15-38(48)23-9-20(23)35(3)24(38)11-19-18(14-51-27(42)7-6-26(41)50-13-16)33(45)53-39(19)25(35)12-37(47)22-10-21(22)36(4)31(37)30(39)29-17(2)32(44)54-40(29,49-5)34(36)46/h8,20-25,34,46-48H,6-7,9-15H2,1-5H3/b16-8+/t20-,21-,22+,23+,24-,25+,34-,35+,36+,37+,38+,39+,40-/m1/s1. The molecule has 54 heavy (non-hydrogen) atoms. The molecule has 0 saturated heterocycles. The second-order valence-corrected chi connectivity index (χ2v) is 17.9. The van der Waals surface area contributed by atoms with Gasteiger partial charge in [0, 0.05) is 47.2 Å². The van der Waals surface area contributed by atoms with Crippen LogP contribution >= 0.6 is 0 Å². The maximum absolute atomic E-state index is 14.5. The Labute approximate surface area is 310 Å². The van der Waals surface area contributed by atoms with E-state index in [4.69, 9.17) is 28.4 Å². The number of hydrogen-bond acceptors (Lipinski definition) is 14. The summed E-state index contributed by atoms with van der Waals surface area (Å²) in [5.74, 6) is -7.68. The van der Waals surface area contributed by atoms with E-state index >= 15 is 0 Å². The number of fused-ring (bicyclic) bond motifs is 9. The molecule has 5 saturated carbocycles. The van der Waals surface area contributed by atoms with Gasteiger partial charge in [0.25, 0.3) is 5.79 Å². The van der Waals surface area contributed by atoms with Crippen LogP contribution in [-0.2, 0) is 52.4 Å². The summed E-state index contributed by atoms with van der Waals surface area (Å²) in [5, 5.41) is 38.3. The van der Waals surface area contributed by atoms with E-state index in [1.165, 1.54) is 13.2 Å². The lowest BCUT2D eigenvalue weighted by Crippen LogP contribution is -2.69. The van der Waals surface area contributed by atoms with Gasteiger partial charge in [-0.25, -0.2) is 14.4 Å². The summed E-state index contributed by atoms with van der Waals surface area (Å²) in [4.78, 5) is 66.7. The summed E-state index contributed by atoms with van der Waals surface area (Å²) >= 11 is 0. The predicted molar refractivity (Wildman–Crippen MR) is 179 cm³/mol. The van der Waals surface area contributed by atoms with Gasteiger partial charge in [-0.2, -0.15) is 0 Å². The Morgan fingerprint density at radius 2 is 1.50 bits per heavy atom. The zero-order chi connectivity index (χ0) is 38.3. The van der Waals surface area contributed by atoms with E-state index in [-0.39, 0.29) is 79.3 Å². The normalized spacial score (nSPS) is 50.9. The van der Waals surface area contributed by atoms with Gasteiger partial charge in [0.05, 0.1) is 24.0 Å².